The highest BCUT2D eigenvalue weighted by Crippen LogP contribution is 2.19. The average Bonchev–Trinajstić information content (AvgIpc) is 3.09. The minimum atomic E-state index is -0.875. The molecule has 0 aliphatic rings. The Balaban J connectivity index is 2.01. The first-order chi connectivity index (χ1) is 13.5. The first-order valence-corrected chi connectivity index (χ1v) is 9.39. The van der Waals surface area contributed by atoms with Gasteiger partial charge in [-0.3, -0.25) is 9.59 Å². The van der Waals surface area contributed by atoms with Crippen LogP contribution < -0.4 is 11.1 Å². The van der Waals surface area contributed by atoms with Crippen LogP contribution in [0.1, 0.15) is 32.3 Å². The number of amides is 1. The fourth-order valence-electron chi connectivity index (χ4n) is 2.88. The van der Waals surface area contributed by atoms with Crippen molar-refractivity contribution in [2.45, 2.75) is 45.2 Å². The molecule has 8 nitrogen and oxygen atoms in total. The van der Waals surface area contributed by atoms with Gasteiger partial charge in [0.1, 0.15) is 12.1 Å². The van der Waals surface area contributed by atoms with Crippen molar-refractivity contribution in [2.75, 3.05) is 13.2 Å². The second-order valence-electron chi connectivity index (χ2n) is 6.33. The highest BCUT2D eigenvalue weighted by molar-refractivity contribution is 5.87. The number of H-pyrrole nitrogens is 1. The maximum atomic E-state index is 12.3. The van der Waals surface area contributed by atoms with Gasteiger partial charge in [-0.15, -0.1) is 0 Å². The lowest BCUT2D eigenvalue weighted by Gasteiger charge is -2.18. The summed E-state index contributed by atoms with van der Waals surface area (Å²) in [5.74, 6) is -1.43. The van der Waals surface area contributed by atoms with Gasteiger partial charge in [0.2, 0.25) is 5.91 Å². The Morgan fingerprint density at radius 3 is 2.50 bits per heavy atom. The molecule has 0 bridgehead atoms. The lowest BCUT2D eigenvalue weighted by Crippen LogP contribution is -2.44. The molecular weight excluding hydrogens is 362 g/mol. The van der Waals surface area contributed by atoms with Gasteiger partial charge in [-0.05, 0) is 31.9 Å². The van der Waals surface area contributed by atoms with Crippen LogP contribution in [0.4, 0.5) is 0 Å². The van der Waals surface area contributed by atoms with Crippen LogP contribution in [0.5, 0.6) is 0 Å². The quantitative estimate of drug-likeness (QED) is 0.528. The van der Waals surface area contributed by atoms with Gasteiger partial charge in [-0.25, -0.2) is 4.79 Å². The summed E-state index contributed by atoms with van der Waals surface area (Å²) in [6, 6.07) is 6.01. The molecule has 1 heterocycles. The fraction of sp³-hybridized carbons (Fsp3) is 0.450. The van der Waals surface area contributed by atoms with Gasteiger partial charge in [-0.1, -0.05) is 18.2 Å². The second-order valence-corrected chi connectivity index (χ2v) is 6.33. The molecule has 1 aromatic heterocycles. The molecule has 0 aliphatic carbocycles. The van der Waals surface area contributed by atoms with Crippen molar-refractivity contribution in [3.63, 3.8) is 0 Å². The van der Waals surface area contributed by atoms with Crippen LogP contribution in [0.25, 0.3) is 10.9 Å². The molecule has 2 atom stereocenters. The lowest BCUT2D eigenvalue weighted by molar-refractivity contribution is -0.148. The van der Waals surface area contributed by atoms with Crippen molar-refractivity contribution in [3.05, 3.63) is 36.0 Å². The van der Waals surface area contributed by atoms with Crippen LogP contribution >= 0.6 is 0 Å². The van der Waals surface area contributed by atoms with Crippen molar-refractivity contribution in [2.24, 2.45) is 5.73 Å². The number of nitrogens with one attached hydrogen (secondary N) is 2. The number of esters is 2. The minimum Gasteiger partial charge on any atom is -0.465 e. The van der Waals surface area contributed by atoms with Crippen LogP contribution in [-0.2, 0) is 30.3 Å². The summed E-state index contributed by atoms with van der Waals surface area (Å²) in [5, 5.41) is 3.68. The van der Waals surface area contributed by atoms with E-state index in [4.69, 9.17) is 15.2 Å². The highest BCUT2D eigenvalue weighted by atomic mass is 16.5. The third-order valence-electron chi connectivity index (χ3n) is 4.28. The Morgan fingerprint density at radius 1 is 1.11 bits per heavy atom. The van der Waals surface area contributed by atoms with E-state index in [0.29, 0.717) is 6.42 Å². The highest BCUT2D eigenvalue weighted by Gasteiger charge is 2.24. The molecule has 0 fully saturated rings. The Morgan fingerprint density at radius 2 is 1.79 bits per heavy atom. The van der Waals surface area contributed by atoms with Crippen molar-refractivity contribution in [1.82, 2.24) is 10.3 Å². The maximum Gasteiger partial charge on any atom is 0.328 e. The molecule has 0 saturated carbocycles. The summed E-state index contributed by atoms with van der Waals surface area (Å²) in [4.78, 5) is 39.3. The molecule has 28 heavy (non-hydrogen) atoms. The number of rotatable bonds is 10. The lowest BCUT2D eigenvalue weighted by atomic mass is 10.0. The zero-order valence-electron chi connectivity index (χ0n) is 16.2. The van der Waals surface area contributed by atoms with E-state index >= 15 is 0 Å². The number of hydrogen-bond donors (Lipinski definition) is 3. The number of fused-ring (bicyclic) bond motifs is 1. The number of carbonyl (C=O) groups is 3. The van der Waals surface area contributed by atoms with Gasteiger partial charge in [0.25, 0.3) is 0 Å². The van der Waals surface area contributed by atoms with E-state index in [0.717, 1.165) is 16.5 Å². The summed E-state index contributed by atoms with van der Waals surface area (Å²) in [7, 11) is 0. The predicted molar refractivity (Wildman–Crippen MR) is 104 cm³/mol. The molecule has 8 heteroatoms. The second kappa shape index (κ2) is 10.5. The molecule has 0 aliphatic heterocycles. The standard InChI is InChI=1S/C20H27N3O5/c1-3-27-19(25)15(21)9-10-18(24)23-17(20(26)28-4-2)11-13-12-22-16-8-6-5-7-14(13)16/h5-8,12,15,17,22H,3-4,9-11,21H2,1-2H3,(H,23,24). The van der Waals surface area contributed by atoms with E-state index in [1.54, 1.807) is 13.8 Å². The van der Waals surface area contributed by atoms with E-state index in [9.17, 15) is 14.4 Å². The largest absolute Gasteiger partial charge is 0.465 e. The van der Waals surface area contributed by atoms with Gasteiger partial charge in [0.15, 0.2) is 0 Å². The Bertz CT molecular complexity index is 817. The van der Waals surface area contributed by atoms with Crippen LogP contribution in [-0.4, -0.2) is 48.1 Å². The third-order valence-corrected chi connectivity index (χ3v) is 4.28. The number of benzene rings is 1. The Kier molecular flexibility index (Phi) is 8.01. The zero-order chi connectivity index (χ0) is 20.5. The molecular formula is C20H27N3O5. The SMILES string of the molecule is CCOC(=O)C(N)CCC(=O)NC(Cc1c[nH]c2ccccc12)C(=O)OCC. The monoisotopic (exact) mass is 389 g/mol. The molecule has 0 radical (unpaired) electrons. The molecule has 1 aromatic carbocycles. The Labute approximate surface area is 163 Å². The van der Waals surface area contributed by atoms with Gasteiger partial charge < -0.3 is 25.5 Å². The van der Waals surface area contributed by atoms with Crippen LogP contribution in [0.2, 0.25) is 0 Å². The average molecular weight is 389 g/mol. The van der Waals surface area contributed by atoms with Crippen LogP contribution in [0, 0.1) is 0 Å². The molecule has 2 aromatic rings. The van der Waals surface area contributed by atoms with Crippen LogP contribution in [0.3, 0.4) is 0 Å². The first kappa shape index (κ1) is 21.4. The molecule has 0 saturated heterocycles. The Hall–Kier alpha value is -2.87. The topological polar surface area (TPSA) is 124 Å². The smallest absolute Gasteiger partial charge is 0.328 e. The van der Waals surface area contributed by atoms with Crippen LogP contribution in [0.15, 0.2) is 30.5 Å². The van der Waals surface area contributed by atoms with Gasteiger partial charge in [0.05, 0.1) is 13.2 Å². The normalized spacial score (nSPS) is 13.0. The van der Waals surface area contributed by atoms with E-state index < -0.39 is 24.0 Å². The van der Waals surface area contributed by atoms with Crippen molar-refractivity contribution >= 4 is 28.7 Å². The zero-order valence-corrected chi connectivity index (χ0v) is 16.2. The maximum absolute atomic E-state index is 12.3. The predicted octanol–water partition coefficient (Wildman–Crippen LogP) is 1.43. The molecule has 152 valence electrons. The van der Waals surface area contributed by atoms with E-state index in [1.807, 2.05) is 30.5 Å². The van der Waals surface area contributed by atoms with Gasteiger partial charge >= 0.3 is 11.9 Å². The summed E-state index contributed by atoms with van der Waals surface area (Å²) < 4.78 is 9.92. The summed E-state index contributed by atoms with van der Waals surface area (Å²) in [6.07, 6.45) is 2.25. The number of para-hydroxylation sites is 1. The van der Waals surface area contributed by atoms with Crippen molar-refractivity contribution in [3.8, 4) is 0 Å². The van der Waals surface area contributed by atoms with Gasteiger partial charge in [-0.2, -0.15) is 0 Å². The van der Waals surface area contributed by atoms with E-state index in [2.05, 4.69) is 10.3 Å². The number of nitrogens with two attached hydrogens (primary N) is 1. The fourth-order valence-corrected chi connectivity index (χ4v) is 2.88. The molecule has 0 spiro atoms. The summed E-state index contributed by atoms with van der Waals surface area (Å²) >= 11 is 0. The summed E-state index contributed by atoms with van der Waals surface area (Å²) in [6.45, 7) is 3.84. The molecule has 2 unspecified atom stereocenters. The van der Waals surface area contributed by atoms with Crippen molar-refractivity contribution < 1.29 is 23.9 Å². The number of aromatic nitrogens is 1. The van der Waals surface area contributed by atoms with E-state index in [1.165, 1.54) is 0 Å². The molecule has 1 amide bonds. The molecule has 4 N–H and O–H groups in total. The number of carbonyl (C=O) groups excluding carboxylic acids is 3. The van der Waals surface area contributed by atoms with Crippen molar-refractivity contribution in [1.29, 1.82) is 0 Å². The summed E-state index contributed by atoms with van der Waals surface area (Å²) in [5.41, 5.74) is 7.56. The van der Waals surface area contributed by atoms with E-state index in [-0.39, 0.29) is 32.0 Å². The first-order valence-electron chi connectivity index (χ1n) is 9.39. The number of aromatic amines is 1. The number of hydrogen-bond acceptors (Lipinski definition) is 6. The van der Waals surface area contributed by atoms with Gasteiger partial charge in [0, 0.05) is 29.9 Å². The number of ether oxygens (including phenoxy) is 2. The minimum absolute atomic E-state index is 0.00374. The molecule has 2 rings (SSSR count). The third kappa shape index (κ3) is 5.82.